The van der Waals surface area contributed by atoms with Gasteiger partial charge in [-0.25, -0.2) is 4.98 Å². The zero-order valence-electron chi connectivity index (χ0n) is 22.3. The highest BCUT2D eigenvalue weighted by atomic mass is 35.5. The van der Waals surface area contributed by atoms with E-state index in [9.17, 15) is 24.3 Å². The van der Waals surface area contributed by atoms with Crippen LogP contribution in [0.1, 0.15) is 46.1 Å². The van der Waals surface area contributed by atoms with E-state index in [4.69, 9.17) is 11.6 Å². The van der Waals surface area contributed by atoms with Gasteiger partial charge in [0.15, 0.2) is 22.8 Å². The van der Waals surface area contributed by atoms with Crippen LogP contribution in [0.3, 0.4) is 0 Å². The standard InChI is InChI=1S/C28H28ClN7O5/c1-15(2)35-9-10-36-18(13-21(37)24(38)23(36)28(35)41)14-31-26(39)20(12-16-5-3-6-17(29)11-16)32-27(40)22-19-7-4-8-30-25(19)34-33-22/h3-8,11,13,15,20,38H,9-10,12,14H2,1-2H3,(H,31,39)(H,32,40)(H,30,33,34)/t20-/m1/s1. The summed E-state index contributed by atoms with van der Waals surface area (Å²) in [6.07, 6.45) is 1.69. The molecule has 0 saturated carbocycles. The van der Waals surface area contributed by atoms with Crippen molar-refractivity contribution in [3.8, 4) is 5.75 Å². The van der Waals surface area contributed by atoms with Crippen LogP contribution < -0.4 is 16.1 Å². The molecule has 3 aromatic heterocycles. The molecule has 13 heteroatoms. The van der Waals surface area contributed by atoms with E-state index < -0.39 is 34.9 Å². The molecule has 0 saturated heterocycles. The lowest BCUT2D eigenvalue weighted by atomic mass is 10.0. The second-order valence-electron chi connectivity index (χ2n) is 9.99. The normalized spacial score (nSPS) is 13.8. The molecule has 1 atom stereocenters. The minimum Gasteiger partial charge on any atom is -0.503 e. The summed E-state index contributed by atoms with van der Waals surface area (Å²) in [6.45, 7) is 4.30. The summed E-state index contributed by atoms with van der Waals surface area (Å²) in [5.74, 6) is -2.19. The first-order chi connectivity index (χ1) is 19.6. The first kappa shape index (κ1) is 27.8. The molecule has 0 spiro atoms. The Kier molecular flexibility index (Phi) is 7.75. The lowest BCUT2D eigenvalue weighted by Gasteiger charge is -2.34. The molecule has 3 amide bonds. The number of aromatic amines is 1. The van der Waals surface area contributed by atoms with Crippen LogP contribution in [0.2, 0.25) is 5.02 Å². The molecule has 1 aliphatic heterocycles. The van der Waals surface area contributed by atoms with Crippen LogP contribution in [-0.2, 0) is 24.3 Å². The average Bonchev–Trinajstić information content (AvgIpc) is 3.38. The molecule has 4 N–H and O–H groups in total. The maximum Gasteiger partial charge on any atom is 0.274 e. The fourth-order valence-corrected chi connectivity index (χ4v) is 5.12. The molecule has 1 aliphatic rings. The van der Waals surface area contributed by atoms with Gasteiger partial charge in [0, 0.05) is 48.5 Å². The van der Waals surface area contributed by atoms with E-state index in [2.05, 4.69) is 25.8 Å². The first-order valence-corrected chi connectivity index (χ1v) is 13.4. The van der Waals surface area contributed by atoms with Gasteiger partial charge in [0.1, 0.15) is 6.04 Å². The van der Waals surface area contributed by atoms with Crippen molar-refractivity contribution in [2.45, 2.75) is 45.4 Å². The van der Waals surface area contributed by atoms with Crippen LogP contribution in [0.4, 0.5) is 0 Å². The van der Waals surface area contributed by atoms with Crippen molar-refractivity contribution in [2.75, 3.05) is 6.54 Å². The van der Waals surface area contributed by atoms with E-state index in [0.717, 1.165) is 0 Å². The minimum atomic E-state index is -1.04. The number of benzene rings is 1. The van der Waals surface area contributed by atoms with Gasteiger partial charge >= 0.3 is 0 Å². The molecule has 0 aliphatic carbocycles. The summed E-state index contributed by atoms with van der Waals surface area (Å²) >= 11 is 6.15. The predicted molar refractivity (Wildman–Crippen MR) is 151 cm³/mol. The smallest absolute Gasteiger partial charge is 0.274 e. The van der Waals surface area contributed by atoms with E-state index in [0.29, 0.717) is 40.4 Å². The summed E-state index contributed by atoms with van der Waals surface area (Å²) in [6, 6.07) is 10.3. The number of rotatable bonds is 8. The second-order valence-corrected chi connectivity index (χ2v) is 10.4. The number of aromatic hydroxyl groups is 1. The third-order valence-electron chi connectivity index (χ3n) is 6.97. The van der Waals surface area contributed by atoms with Gasteiger partial charge in [-0.15, -0.1) is 0 Å². The Balaban J connectivity index is 1.40. The molecule has 212 valence electrons. The number of aromatic nitrogens is 4. The maximum absolute atomic E-state index is 13.5. The third-order valence-corrected chi connectivity index (χ3v) is 7.20. The Morgan fingerprint density at radius 3 is 2.71 bits per heavy atom. The monoisotopic (exact) mass is 577 g/mol. The van der Waals surface area contributed by atoms with Gasteiger partial charge in [-0.2, -0.15) is 5.10 Å². The topological polar surface area (TPSA) is 162 Å². The average molecular weight is 578 g/mol. The maximum atomic E-state index is 13.5. The van der Waals surface area contributed by atoms with E-state index >= 15 is 0 Å². The molecule has 12 nitrogen and oxygen atoms in total. The Labute approximate surface area is 239 Å². The summed E-state index contributed by atoms with van der Waals surface area (Å²) in [5, 5.41) is 23.7. The summed E-state index contributed by atoms with van der Waals surface area (Å²) < 4.78 is 1.55. The number of H-pyrrole nitrogens is 1. The van der Waals surface area contributed by atoms with Crippen LogP contribution in [0.5, 0.6) is 5.75 Å². The number of carbonyl (C=O) groups excluding carboxylic acids is 3. The van der Waals surface area contributed by atoms with Crippen LogP contribution in [0.25, 0.3) is 11.0 Å². The molecule has 5 rings (SSSR count). The van der Waals surface area contributed by atoms with E-state index in [1.165, 1.54) is 6.07 Å². The van der Waals surface area contributed by atoms with Gasteiger partial charge in [-0.3, -0.25) is 24.3 Å². The highest BCUT2D eigenvalue weighted by molar-refractivity contribution is 6.30. The molecule has 41 heavy (non-hydrogen) atoms. The van der Waals surface area contributed by atoms with E-state index in [-0.39, 0.29) is 30.4 Å². The number of carbonyl (C=O) groups is 3. The van der Waals surface area contributed by atoms with Crippen LogP contribution in [0.15, 0.2) is 53.5 Å². The summed E-state index contributed by atoms with van der Waals surface area (Å²) in [7, 11) is 0. The molecular weight excluding hydrogens is 550 g/mol. The number of fused-ring (bicyclic) bond motifs is 2. The Morgan fingerprint density at radius 1 is 1.15 bits per heavy atom. The molecule has 4 heterocycles. The number of hydrogen-bond donors (Lipinski definition) is 4. The lowest BCUT2D eigenvalue weighted by molar-refractivity contribution is -0.123. The number of halogens is 1. The third kappa shape index (κ3) is 5.64. The largest absolute Gasteiger partial charge is 0.503 e. The number of hydrogen-bond acceptors (Lipinski definition) is 7. The summed E-state index contributed by atoms with van der Waals surface area (Å²) in [5.41, 5.74) is 0.756. The van der Waals surface area contributed by atoms with Crippen molar-refractivity contribution in [1.29, 1.82) is 0 Å². The second kappa shape index (κ2) is 11.4. The van der Waals surface area contributed by atoms with Crippen molar-refractivity contribution in [1.82, 2.24) is 35.3 Å². The number of nitrogens with one attached hydrogen (secondary N) is 3. The molecule has 0 fully saturated rings. The lowest BCUT2D eigenvalue weighted by Crippen LogP contribution is -2.49. The highest BCUT2D eigenvalue weighted by Crippen LogP contribution is 2.23. The van der Waals surface area contributed by atoms with Gasteiger partial charge in [-0.05, 0) is 43.7 Å². The van der Waals surface area contributed by atoms with Crippen molar-refractivity contribution in [3.63, 3.8) is 0 Å². The number of pyridine rings is 2. The molecule has 1 aromatic carbocycles. The fourth-order valence-electron chi connectivity index (χ4n) is 4.91. The van der Waals surface area contributed by atoms with E-state index in [1.54, 1.807) is 52.1 Å². The quantitative estimate of drug-likeness (QED) is 0.249. The molecule has 0 unspecified atom stereocenters. The van der Waals surface area contributed by atoms with Crippen LogP contribution in [-0.4, -0.2) is 66.1 Å². The van der Waals surface area contributed by atoms with Crippen LogP contribution >= 0.6 is 11.6 Å². The van der Waals surface area contributed by atoms with Gasteiger partial charge in [0.25, 0.3) is 11.8 Å². The summed E-state index contributed by atoms with van der Waals surface area (Å²) in [4.78, 5) is 58.0. The highest BCUT2D eigenvalue weighted by Gasteiger charge is 2.32. The Bertz CT molecular complexity index is 1710. The van der Waals surface area contributed by atoms with Gasteiger partial charge < -0.3 is 25.2 Å². The number of nitrogens with zero attached hydrogens (tertiary/aromatic N) is 4. The van der Waals surface area contributed by atoms with Gasteiger partial charge in [-0.1, -0.05) is 23.7 Å². The molecule has 0 bridgehead atoms. The van der Waals surface area contributed by atoms with Crippen molar-refractivity contribution >= 4 is 40.4 Å². The van der Waals surface area contributed by atoms with Gasteiger partial charge in [0.2, 0.25) is 11.3 Å². The van der Waals surface area contributed by atoms with E-state index in [1.807, 2.05) is 13.8 Å². The van der Waals surface area contributed by atoms with Gasteiger partial charge in [0.05, 0.1) is 11.9 Å². The van der Waals surface area contributed by atoms with Crippen LogP contribution in [0, 0.1) is 0 Å². The zero-order valence-corrected chi connectivity index (χ0v) is 23.1. The zero-order chi connectivity index (χ0) is 29.3. The molecule has 0 radical (unpaired) electrons. The Hall–Kier alpha value is -4.71. The number of amides is 3. The SMILES string of the molecule is CC(C)N1CCn2c(CNC(=O)[C@@H](Cc3cccc(Cl)c3)NC(=O)c3n[nH]c4ncccc34)cc(=O)c(O)c2C1=O. The van der Waals surface area contributed by atoms with Crippen molar-refractivity contribution in [3.05, 3.63) is 86.6 Å². The fraction of sp³-hybridized carbons (Fsp3) is 0.286. The Morgan fingerprint density at radius 2 is 1.95 bits per heavy atom. The van der Waals surface area contributed by atoms with Crippen molar-refractivity contribution < 1.29 is 19.5 Å². The first-order valence-electron chi connectivity index (χ1n) is 13.0. The molecule has 4 aromatic rings. The minimum absolute atomic E-state index is 0.0874. The predicted octanol–water partition coefficient (Wildman–Crippen LogP) is 2.00. The van der Waals surface area contributed by atoms with Crippen molar-refractivity contribution in [2.24, 2.45) is 0 Å². The molecular formula is C28H28ClN7O5.